The smallest absolute Gasteiger partial charge is 0.201 e. The van der Waals surface area contributed by atoms with E-state index in [4.69, 9.17) is 0 Å². The summed E-state index contributed by atoms with van der Waals surface area (Å²) in [5.41, 5.74) is 29.0. The second kappa shape index (κ2) is 21.4. The molecule has 0 fully saturated rings. The summed E-state index contributed by atoms with van der Waals surface area (Å²) in [5, 5.41) is 8.02. The number of hydrogen-bond donors (Lipinski definition) is 0. The van der Waals surface area contributed by atoms with Gasteiger partial charge in [-0.25, -0.2) is 13.7 Å². The van der Waals surface area contributed by atoms with Crippen molar-refractivity contribution in [3.05, 3.63) is 269 Å². The van der Waals surface area contributed by atoms with E-state index in [9.17, 15) is 0 Å². The van der Waals surface area contributed by atoms with Gasteiger partial charge < -0.3 is 0 Å². The molecule has 3 aliphatic rings. The lowest BCUT2D eigenvalue weighted by Gasteiger charge is -2.49. The Morgan fingerprint density at radius 2 is 0.622 bits per heavy atom. The predicted octanol–water partition coefficient (Wildman–Crippen LogP) is 20.6. The average molecular weight is 1180 g/mol. The first kappa shape index (κ1) is 60.1. The van der Waals surface area contributed by atoms with Crippen molar-refractivity contribution >= 4 is 32.3 Å². The van der Waals surface area contributed by atoms with Crippen LogP contribution in [0.4, 0.5) is 0 Å². The molecule has 3 nitrogen and oxygen atoms in total. The van der Waals surface area contributed by atoms with Gasteiger partial charge in [0.2, 0.25) is 17.1 Å². The summed E-state index contributed by atoms with van der Waals surface area (Å²) in [6.45, 7) is 35.8. The van der Waals surface area contributed by atoms with Gasteiger partial charge in [0.1, 0.15) is 21.1 Å². The number of aryl methyl sites for hydroxylation is 5. The normalized spacial score (nSPS) is 16.2. The Balaban J connectivity index is 0.000000124. The van der Waals surface area contributed by atoms with E-state index >= 15 is 0 Å². The molecule has 0 atom stereocenters. The first-order valence-corrected chi connectivity index (χ1v) is 32.6. The average Bonchev–Trinajstić information content (AvgIpc) is 0.722. The lowest BCUT2D eigenvalue weighted by atomic mass is 9.54. The van der Waals surface area contributed by atoms with Crippen molar-refractivity contribution in [2.45, 2.75) is 136 Å². The van der Waals surface area contributed by atoms with E-state index in [1.165, 1.54) is 150 Å². The maximum absolute atomic E-state index is 2.46. The minimum absolute atomic E-state index is 0.00153. The summed E-state index contributed by atoms with van der Waals surface area (Å²) in [7, 11) is 6.39. The minimum atomic E-state index is -0.00704. The molecular weight excluding hydrogens is 1090 g/mol. The summed E-state index contributed by atoms with van der Waals surface area (Å²) in [6.07, 6.45) is 6.39. The maximum Gasteiger partial charge on any atom is 0.212 e. The fraction of sp³-hybridized carbons (Fsp3) is 0.276. The molecule has 0 aliphatic heterocycles. The summed E-state index contributed by atoms with van der Waals surface area (Å²) in [6, 6.07) is 74.3. The molecule has 3 heterocycles. The monoisotopic (exact) mass is 1180 g/mol. The number of fused-ring (bicyclic) bond motifs is 14. The lowest BCUT2D eigenvalue weighted by Crippen LogP contribution is -2.44. The molecule has 0 unspecified atom stereocenters. The molecule has 3 heteroatoms. The van der Waals surface area contributed by atoms with Gasteiger partial charge in [0.05, 0.1) is 0 Å². The highest BCUT2D eigenvalue weighted by atomic mass is 14.9. The van der Waals surface area contributed by atoms with E-state index in [0.717, 1.165) is 0 Å². The Morgan fingerprint density at radius 1 is 0.256 bits per heavy atom. The van der Waals surface area contributed by atoms with Crippen molar-refractivity contribution in [3.63, 3.8) is 0 Å². The van der Waals surface area contributed by atoms with Crippen LogP contribution in [0.1, 0.15) is 133 Å². The van der Waals surface area contributed by atoms with Crippen LogP contribution in [0.5, 0.6) is 0 Å². The lowest BCUT2D eigenvalue weighted by molar-refractivity contribution is -0.660. The van der Waals surface area contributed by atoms with Gasteiger partial charge in [-0.15, -0.1) is 0 Å². The molecule has 90 heavy (non-hydrogen) atoms. The Bertz CT molecular complexity index is 4830. The van der Waals surface area contributed by atoms with Gasteiger partial charge in [0.25, 0.3) is 0 Å². The van der Waals surface area contributed by atoms with E-state index in [1.54, 1.807) is 0 Å². The van der Waals surface area contributed by atoms with Crippen LogP contribution in [0, 0.1) is 20.8 Å². The fourth-order valence-electron chi connectivity index (χ4n) is 16.1. The zero-order valence-corrected chi connectivity index (χ0v) is 56.6. The summed E-state index contributed by atoms with van der Waals surface area (Å²) in [5.74, 6) is 0. The maximum atomic E-state index is 2.46. The number of aromatic nitrogens is 3. The zero-order valence-electron chi connectivity index (χ0n) is 56.6. The van der Waals surface area contributed by atoms with Crippen LogP contribution >= 0.6 is 0 Å². The number of rotatable bonds is 3. The van der Waals surface area contributed by atoms with Crippen molar-refractivity contribution in [2.75, 3.05) is 0 Å². The van der Waals surface area contributed by atoms with Crippen LogP contribution in [0.15, 0.2) is 219 Å². The van der Waals surface area contributed by atoms with Gasteiger partial charge in [0.15, 0.2) is 18.6 Å². The minimum Gasteiger partial charge on any atom is -0.201 e. The second-order valence-electron chi connectivity index (χ2n) is 29.6. The molecular formula is C87H90N3+3. The van der Waals surface area contributed by atoms with Gasteiger partial charge in [-0.05, 0) is 212 Å². The second-order valence-corrected chi connectivity index (χ2v) is 29.6. The first-order chi connectivity index (χ1) is 42.7. The molecule has 9 aromatic carbocycles. The van der Waals surface area contributed by atoms with E-state index in [-0.39, 0.29) is 32.5 Å². The SMILES string of the molecule is Cc1c(-c2cccc[n+]2C)ccc2c1C(C)(C)C(C)(C)c1c-2ccc2ccccc12.Cc1cc2c(cc1-c1cccc[n+]1C)C(C)(C)C(C)(C)c1cc3ccccc3cc1-2.Cc1cc2c(cc1-c1cccc[n+]1C)C(C)(C)C(C)(C)c1ccc3ccccc3c1-2. The van der Waals surface area contributed by atoms with Crippen LogP contribution in [0.2, 0.25) is 0 Å². The molecule has 0 saturated heterocycles. The summed E-state index contributed by atoms with van der Waals surface area (Å²) >= 11 is 0. The molecule has 15 rings (SSSR count). The van der Waals surface area contributed by atoms with Gasteiger partial charge in [-0.2, -0.15) is 0 Å². The molecule has 0 saturated carbocycles. The highest BCUT2D eigenvalue weighted by Crippen LogP contribution is 2.60. The topological polar surface area (TPSA) is 11.6 Å². The van der Waals surface area contributed by atoms with Crippen molar-refractivity contribution in [1.82, 2.24) is 0 Å². The zero-order chi connectivity index (χ0) is 63.8. The Hall–Kier alpha value is -8.79. The Kier molecular flexibility index (Phi) is 14.3. The Morgan fingerprint density at radius 3 is 1.17 bits per heavy atom. The van der Waals surface area contributed by atoms with Gasteiger partial charge in [0, 0.05) is 58.5 Å². The molecule has 3 aliphatic carbocycles. The Labute approximate surface area is 536 Å². The van der Waals surface area contributed by atoms with Crippen LogP contribution in [0.25, 0.3) is 99.5 Å². The van der Waals surface area contributed by atoms with Crippen molar-refractivity contribution < 1.29 is 13.7 Å². The highest BCUT2D eigenvalue weighted by molar-refractivity contribution is 6.02. The number of pyridine rings is 3. The number of hydrogen-bond acceptors (Lipinski definition) is 0. The molecule has 0 bridgehead atoms. The third-order valence-electron chi connectivity index (χ3n) is 23.4. The van der Waals surface area contributed by atoms with Crippen molar-refractivity contribution in [1.29, 1.82) is 0 Å². The van der Waals surface area contributed by atoms with Gasteiger partial charge >= 0.3 is 0 Å². The van der Waals surface area contributed by atoms with Crippen molar-refractivity contribution in [3.8, 4) is 67.2 Å². The van der Waals surface area contributed by atoms with E-state index < -0.39 is 0 Å². The van der Waals surface area contributed by atoms with Crippen LogP contribution in [-0.4, -0.2) is 0 Å². The standard InChI is InChI=1S/3C29H30N/c1-19-21(25-13-9-10-18-30(25)6)16-17-23-24-15-14-20-11-7-8-12-22(20)27(24)29(4,5)28(2,3)26(19)23;1-19-17-23-25(18-22(19)26-13-9-10-16-30(26)6)29(4,5)28(2,3)24-15-14-20-11-7-8-12-21(20)27(23)24;1-19-15-23-24-16-20-11-7-8-12-21(20)17-25(24)28(2,3)29(4,5)26(23)18-22(19)27-13-9-10-14-30(27)6/h3*7-18H,1-6H3/q3*+1. The summed E-state index contributed by atoms with van der Waals surface area (Å²) in [4.78, 5) is 0. The van der Waals surface area contributed by atoms with Crippen molar-refractivity contribution in [2.24, 2.45) is 21.1 Å². The summed E-state index contributed by atoms with van der Waals surface area (Å²) < 4.78 is 6.66. The molecule has 0 amide bonds. The van der Waals surface area contributed by atoms with Crippen LogP contribution < -0.4 is 13.7 Å². The number of benzene rings is 9. The largest absolute Gasteiger partial charge is 0.212 e. The molecule has 0 radical (unpaired) electrons. The van der Waals surface area contributed by atoms with Gasteiger partial charge in [-0.3, -0.25) is 0 Å². The third-order valence-corrected chi connectivity index (χ3v) is 23.4. The first-order valence-electron chi connectivity index (χ1n) is 32.6. The van der Waals surface area contributed by atoms with Crippen LogP contribution in [0.3, 0.4) is 0 Å². The fourth-order valence-corrected chi connectivity index (χ4v) is 16.1. The van der Waals surface area contributed by atoms with Crippen LogP contribution in [-0.2, 0) is 53.6 Å². The third kappa shape index (κ3) is 9.06. The molecule has 0 spiro atoms. The number of nitrogens with zero attached hydrogens (tertiary/aromatic N) is 3. The molecule has 0 N–H and O–H groups in total. The van der Waals surface area contributed by atoms with E-state index in [0.29, 0.717) is 0 Å². The highest BCUT2D eigenvalue weighted by Gasteiger charge is 2.50. The van der Waals surface area contributed by atoms with Gasteiger partial charge in [-0.1, -0.05) is 198 Å². The molecule has 12 aromatic rings. The van der Waals surface area contributed by atoms with E-state index in [1.807, 2.05) is 0 Å². The molecule has 3 aromatic heterocycles. The predicted molar refractivity (Wildman–Crippen MR) is 380 cm³/mol. The quantitative estimate of drug-likeness (QED) is 0.156. The molecule has 450 valence electrons. The van der Waals surface area contributed by atoms with E-state index in [2.05, 4.69) is 357 Å².